The van der Waals surface area contributed by atoms with Gasteiger partial charge in [-0.05, 0) is 69.3 Å². The van der Waals surface area contributed by atoms with Crippen LogP contribution in [-0.4, -0.2) is 10.3 Å². The lowest BCUT2D eigenvalue weighted by atomic mass is 9.67. The van der Waals surface area contributed by atoms with E-state index < -0.39 is 5.41 Å². The Morgan fingerprint density at radius 1 is 0.482 bits per heavy atom. The van der Waals surface area contributed by atoms with Gasteiger partial charge < -0.3 is 9.88 Å². The summed E-state index contributed by atoms with van der Waals surface area (Å²) in [5.41, 5.74) is 15.9. The molecule has 0 radical (unpaired) electrons. The Morgan fingerprint density at radius 2 is 1.04 bits per heavy atom. The highest BCUT2D eigenvalue weighted by Gasteiger charge is 2.47. The predicted molar refractivity (Wildman–Crippen MR) is 231 cm³/mol. The number of para-hydroxylation sites is 2. The van der Waals surface area contributed by atoms with Gasteiger partial charge >= 0.3 is 0 Å². The standard InChI is InChI=1S/C53H37N3/c1-4-18-36(19-5-1)52-54-47(37-20-16-25-40(34-37)56-49-32-14-11-26-41(49)42-27-12-15-33-50(42)56)35-48(55-52)44-29-17-31-46-51(44)43-28-10-13-30-45(43)53(46,38-21-6-2-7-22-38)39-23-8-3-9-24-39/h1-35,52,55H. The summed E-state index contributed by atoms with van der Waals surface area (Å²) in [5.74, 6) is 0. The number of benzene rings is 8. The average molecular weight is 716 g/mol. The van der Waals surface area contributed by atoms with E-state index in [4.69, 9.17) is 4.99 Å². The molecule has 8 aromatic carbocycles. The first-order valence-corrected chi connectivity index (χ1v) is 19.3. The molecule has 0 bridgehead atoms. The number of nitrogens with zero attached hydrogens (tertiary/aromatic N) is 2. The number of aromatic nitrogens is 1. The molecule has 0 saturated heterocycles. The molecule has 0 spiro atoms. The van der Waals surface area contributed by atoms with Crippen LogP contribution in [0, 0.1) is 0 Å². The van der Waals surface area contributed by atoms with Crippen molar-refractivity contribution in [2.45, 2.75) is 11.6 Å². The minimum absolute atomic E-state index is 0.274. The van der Waals surface area contributed by atoms with E-state index in [-0.39, 0.29) is 6.17 Å². The summed E-state index contributed by atoms with van der Waals surface area (Å²) in [6, 6.07) is 74.6. The summed E-state index contributed by atoms with van der Waals surface area (Å²) in [5, 5.41) is 6.41. The topological polar surface area (TPSA) is 29.3 Å². The van der Waals surface area contributed by atoms with Crippen LogP contribution in [0.2, 0.25) is 0 Å². The van der Waals surface area contributed by atoms with Crippen LogP contribution in [0.5, 0.6) is 0 Å². The van der Waals surface area contributed by atoms with Crippen LogP contribution in [0.15, 0.2) is 217 Å². The molecule has 56 heavy (non-hydrogen) atoms. The Kier molecular flexibility index (Phi) is 7.46. The molecule has 1 atom stereocenters. The Balaban J connectivity index is 1.12. The molecule has 11 rings (SSSR count). The second-order valence-electron chi connectivity index (χ2n) is 14.7. The lowest BCUT2D eigenvalue weighted by Crippen LogP contribution is -2.28. The fraction of sp³-hybridized carbons (Fsp3) is 0.0377. The Bertz CT molecular complexity index is 2900. The quantitative estimate of drug-likeness (QED) is 0.182. The van der Waals surface area contributed by atoms with Crippen LogP contribution in [0.4, 0.5) is 0 Å². The van der Waals surface area contributed by atoms with Crippen molar-refractivity contribution < 1.29 is 0 Å². The number of hydrogen-bond acceptors (Lipinski definition) is 2. The van der Waals surface area contributed by atoms with E-state index in [1.54, 1.807) is 0 Å². The first kappa shape index (κ1) is 32.2. The van der Waals surface area contributed by atoms with Crippen LogP contribution in [0.25, 0.3) is 44.3 Å². The third-order valence-corrected chi connectivity index (χ3v) is 11.7. The monoisotopic (exact) mass is 715 g/mol. The largest absolute Gasteiger partial charge is 0.359 e. The van der Waals surface area contributed by atoms with Gasteiger partial charge in [-0.25, -0.2) is 0 Å². The van der Waals surface area contributed by atoms with Crippen molar-refractivity contribution >= 4 is 33.2 Å². The highest BCUT2D eigenvalue weighted by molar-refractivity contribution is 6.14. The maximum atomic E-state index is 5.43. The maximum Gasteiger partial charge on any atom is 0.145 e. The van der Waals surface area contributed by atoms with Crippen molar-refractivity contribution in [1.29, 1.82) is 0 Å². The molecule has 1 unspecified atom stereocenters. The molecule has 0 fully saturated rings. The second-order valence-corrected chi connectivity index (χ2v) is 14.7. The van der Waals surface area contributed by atoms with Gasteiger partial charge in [0.2, 0.25) is 0 Å². The van der Waals surface area contributed by atoms with Gasteiger partial charge in [0.1, 0.15) is 6.17 Å². The molecule has 1 aliphatic carbocycles. The smallest absolute Gasteiger partial charge is 0.145 e. The average Bonchev–Trinajstić information content (AvgIpc) is 3.78. The van der Waals surface area contributed by atoms with Crippen molar-refractivity contribution in [2.24, 2.45) is 4.99 Å². The lowest BCUT2D eigenvalue weighted by Gasteiger charge is -2.34. The molecule has 3 nitrogen and oxygen atoms in total. The van der Waals surface area contributed by atoms with Gasteiger partial charge in [-0.15, -0.1) is 0 Å². The highest BCUT2D eigenvalue weighted by atomic mass is 15.1. The van der Waals surface area contributed by atoms with Crippen molar-refractivity contribution in [3.05, 3.63) is 251 Å². The summed E-state index contributed by atoms with van der Waals surface area (Å²) in [7, 11) is 0. The second kappa shape index (κ2) is 13.0. The number of fused-ring (bicyclic) bond motifs is 6. The summed E-state index contributed by atoms with van der Waals surface area (Å²) in [6.07, 6.45) is 1.98. The maximum absolute atomic E-state index is 5.43. The summed E-state index contributed by atoms with van der Waals surface area (Å²) in [6.45, 7) is 0. The zero-order valence-corrected chi connectivity index (χ0v) is 30.7. The molecule has 0 saturated carbocycles. The molecule has 2 heterocycles. The molecule has 3 heteroatoms. The van der Waals surface area contributed by atoms with E-state index in [2.05, 4.69) is 222 Å². The Morgan fingerprint density at radius 3 is 1.73 bits per heavy atom. The van der Waals surface area contributed by atoms with Crippen LogP contribution < -0.4 is 5.32 Å². The Hall–Kier alpha value is -7.23. The van der Waals surface area contributed by atoms with Crippen molar-refractivity contribution in [3.63, 3.8) is 0 Å². The van der Waals surface area contributed by atoms with Gasteiger partial charge in [0.05, 0.1) is 22.2 Å². The number of rotatable bonds is 6. The van der Waals surface area contributed by atoms with Crippen LogP contribution in [-0.2, 0) is 5.41 Å². The molecule has 1 N–H and O–H groups in total. The molecular weight excluding hydrogens is 679 g/mol. The zero-order valence-electron chi connectivity index (χ0n) is 30.7. The van der Waals surface area contributed by atoms with Crippen LogP contribution in [0.3, 0.4) is 0 Å². The molecule has 0 amide bonds. The van der Waals surface area contributed by atoms with E-state index in [9.17, 15) is 0 Å². The minimum Gasteiger partial charge on any atom is -0.359 e. The lowest BCUT2D eigenvalue weighted by molar-refractivity contribution is 0.664. The van der Waals surface area contributed by atoms with Crippen molar-refractivity contribution in [3.8, 4) is 16.8 Å². The van der Waals surface area contributed by atoms with Crippen molar-refractivity contribution in [1.82, 2.24) is 9.88 Å². The van der Waals surface area contributed by atoms with E-state index in [0.717, 1.165) is 33.8 Å². The van der Waals surface area contributed by atoms with Gasteiger partial charge in [-0.3, -0.25) is 4.99 Å². The third kappa shape index (κ3) is 4.87. The number of hydrogen-bond donors (Lipinski definition) is 1. The van der Waals surface area contributed by atoms with E-state index in [1.807, 2.05) is 0 Å². The SMILES string of the molecule is C1=C(c2cccc3c2-c2ccccc2C3(c2ccccc2)c2ccccc2)NC(c2ccccc2)N=C1c1cccc(-n2c3ccccc3c3ccccc32)c1. The minimum atomic E-state index is -0.480. The first-order chi connectivity index (χ1) is 27.8. The van der Waals surface area contributed by atoms with Gasteiger partial charge in [0.25, 0.3) is 0 Å². The van der Waals surface area contributed by atoms with Gasteiger partial charge in [0, 0.05) is 33.3 Å². The molecule has 1 aliphatic heterocycles. The van der Waals surface area contributed by atoms with Gasteiger partial charge in [0.15, 0.2) is 0 Å². The van der Waals surface area contributed by atoms with E-state index in [0.29, 0.717) is 0 Å². The highest BCUT2D eigenvalue weighted by Crippen LogP contribution is 2.57. The number of allylic oxidation sites excluding steroid dienone is 1. The molecule has 2 aliphatic rings. The van der Waals surface area contributed by atoms with E-state index >= 15 is 0 Å². The Labute approximate surface area is 326 Å². The van der Waals surface area contributed by atoms with Crippen molar-refractivity contribution in [2.75, 3.05) is 0 Å². The number of nitrogens with one attached hydrogen (secondary N) is 1. The summed E-state index contributed by atoms with van der Waals surface area (Å²) >= 11 is 0. The zero-order chi connectivity index (χ0) is 37.1. The van der Waals surface area contributed by atoms with Gasteiger partial charge in [-0.1, -0.05) is 182 Å². The first-order valence-electron chi connectivity index (χ1n) is 19.3. The van der Waals surface area contributed by atoms with Crippen LogP contribution in [0.1, 0.15) is 45.1 Å². The fourth-order valence-corrected chi connectivity index (χ4v) is 9.36. The normalized spacial score (nSPS) is 15.5. The number of aliphatic imine (C=N–C) groups is 1. The molecule has 9 aromatic rings. The molecule has 1 aromatic heterocycles. The molecular formula is C53H37N3. The predicted octanol–water partition coefficient (Wildman–Crippen LogP) is 12.3. The van der Waals surface area contributed by atoms with Gasteiger partial charge in [-0.2, -0.15) is 0 Å². The third-order valence-electron chi connectivity index (χ3n) is 11.7. The fourth-order valence-electron chi connectivity index (χ4n) is 9.36. The summed E-state index contributed by atoms with van der Waals surface area (Å²) < 4.78 is 2.38. The van der Waals surface area contributed by atoms with E-state index in [1.165, 1.54) is 55.2 Å². The summed E-state index contributed by atoms with van der Waals surface area (Å²) in [4.78, 5) is 5.43. The van der Waals surface area contributed by atoms with Crippen LogP contribution >= 0.6 is 0 Å². The molecule has 264 valence electrons.